The van der Waals surface area contributed by atoms with Gasteiger partial charge in [-0.25, -0.2) is 9.38 Å². The van der Waals surface area contributed by atoms with Crippen molar-refractivity contribution in [2.75, 3.05) is 26.2 Å². The molecular weight excluding hydrogens is 432 g/mol. The molecule has 0 spiro atoms. The van der Waals surface area contributed by atoms with Crippen molar-refractivity contribution in [2.45, 2.75) is 39.3 Å². The first-order chi connectivity index (χ1) is 11.7. The summed E-state index contributed by atoms with van der Waals surface area (Å²) in [6.07, 6.45) is 2.44. The molecule has 1 aliphatic heterocycles. The van der Waals surface area contributed by atoms with Crippen molar-refractivity contribution in [3.63, 3.8) is 0 Å². The van der Waals surface area contributed by atoms with Crippen molar-refractivity contribution in [1.29, 1.82) is 5.26 Å². The Morgan fingerprint density at radius 2 is 2.20 bits per heavy atom. The number of nitriles is 1. The molecule has 0 radical (unpaired) electrons. The predicted molar refractivity (Wildman–Crippen MR) is 110 cm³/mol. The van der Waals surface area contributed by atoms with Gasteiger partial charge in [0.1, 0.15) is 5.82 Å². The summed E-state index contributed by atoms with van der Waals surface area (Å²) in [4.78, 5) is 6.93. The van der Waals surface area contributed by atoms with Crippen LogP contribution in [0.25, 0.3) is 0 Å². The molecule has 0 aliphatic carbocycles. The fourth-order valence-corrected chi connectivity index (χ4v) is 3.01. The van der Waals surface area contributed by atoms with Crippen molar-refractivity contribution in [3.05, 3.63) is 35.1 Å². The van der Waals surface area contributed by atoms with Gasteiger partial charge in [0.15, 0.2) is 5.96 Å². The lowest BCUT2D eigenvalue weighted by molar-refractivity contribution is 0.267. The van der Waals surface area contributed by atoms with Gasteiger partial charge < -0.3 is 10.6 Å². The van der Waals surface area contributed by atoms with Crippen molar-refractivity contribution in [2.24, 2.45) is 4.99 Å². The molecule has 2 rings (SSSR count). The molecule has 1 unspecified atom stereocenters. The van der Waals surface area contributed by atoms with E-state index in [1.54, 1.807) is 12.1 Å². The largest absolute Gasteiger partial charge is 0.357 e. The van der Waals surface area contributed by atoms with Crippen LogP contribution in [0.4, 0.5) is 4.39 Å². The summed E-state index contributed by atoms with van der Waals surface area (Å²) >= 11 is 0. The number of halogens is 2. The Labute approximate surface area is 166 Å². The maximum Gasteiger partial charge on any atom is 0.191 e. The number of rotatable bonds is 6. The second-order valence-electron chi connectivity index (χ2n) is 5.92. The van der Waals surface area contributed by atoms with Crippen LogP contribution in [0, 0.1) is 17.1 Å². The first-order valence-corrected chi connectivity index (χ1v) is 8.62. The lowest BCUT2D eigenvalue weighted by atomic mass is 10.1. The molecule has 1 saturated heterocycles. The molecule has 1 aliphatic rings. The van der Waals surface area contributed by atoms with E-state index < -0.39 is 0 Å². The van der Waals surface area contributed by atoms with E-state index in [1.807, 2.05) is 13.0 Å². The molecule has 0 saturated carbocycles. The summed E-state index contributed by atoms with van der Waals surface area (Å²) in [7, 11) is 0. The lowest BCUT2D eigenvalue weighted by Gasteiger charge is -2.24. The van der Waals surface area contributed by atoms with E-state index in [-0.39, 0.29) is 36.3 Å². The van der Waals surface area contributed by atoms with Crippen molar-refractivity contribution in [3.8, 4) is 6.07 Å². The summed E-state index contributed by atoms with van der Waals surface area (Å²) in [5.41, 5.74) is 0.813. The highest BCUT2D eigenvalue weighted by Gasteiger charge is 2.22. The molecule has 0 aromatic heterocycles. The van der Waals surface area contributed by atoms with E-state index in [9.17, 15) is 4.39 Å². The maximum absolute atomic E-state index is 13.9. The quantitative estimate of drug-likeness (QED) is 0.390. The third kappa shape index (κ3) is 6.44. The first-order valence-electron chi connectivity index (χ1n) is 8.62. The number of aliphatic imine (C=N–C) groups is 1. The minimum atomic E-state index is -0.387. The van der Waals surface area contributed by atoms with E-state index in [0.29, 0.717) is 23.1 Å². The summed E-state index contributed by atoms with van der Waals surface area (Å²) in [6, 6.07) is 6.96. The van der Waals surface area contributed by atoms with Crippen molar-refractivity contribution >= 4 is 29.9 Å². The number of benzene rings is 1. The third-order valence-electron chi connectivity index (χ3n) is 4.34. The number of likely N-dealkylation sites (tertiary alicyclic amines) is 1. The molecule has 1 fully saturated rings. The minimum Gasteiger partial charge on any atom is -0.357 e. The monoisotopic (exact) mass is 459 g/mol. The number of likely N-dealkylation sites (N-methyl/N-ethyl adjacent to an activating group) is 1. The Bertz CT molecular complexity index is 614. The van der Waals surface area contributed by atoms with Crippen molar-refractivity contribution in [1.82, 2.24) is 15.5 Å². The van der Waals surface area contributed by atoms with Crippen molar-refractivity contribution < 1.29 is 4.39 Å². The van der Waals surface area contributed by atoms with Gasteiger partial charge in [-0.1, -0.05) is 13.0 Å². The van der Waals surface area contributed by atoms with Gasteiger partial charge in [-0.3, -0.25) is 4.90 Å². The van der Waals surface area contributed by atoms with Gasteiger partial charge in [-0.05, 0) is 45.0 Å². The van der Waals surface area contributed by atoms with Crippen LogP contribution in [0.2, 0.25) is 0 Å². The molecule has 1 aromatic carbocycles. The fraction of sp³-hybridized carbons (Fsp3) is 0.556. The van der Waals surface area contributed by atoms with Gasteiger partial charge in [0.05, 0.1) is 18.2 Å². The Balaban J connectivity index is 0.00000312. The molecule has 7 heteroatoms. The molecule has 25 heavy (non-hydrogen) atoms. The number of nitrogens with zero attached hydrogens (tertiary/aromatic N) is 3. The Morgan fingerprint density at radius 3 is 2.84 bits per heavy atom. The van der Waals surface area contributed by atoms with E-state index >= 15 is 0 Å². The summed E-state index contributed by atoms with van der Waals surface area (Å²) in [5.74, 6) is 0.311. The minimum absolute atomic E-state index is 0. The van der Waals surface area contributed by atoms with Gasteiger partial charge >= 0.3 is 0 Å². The zero-order valence-corrected chi connectivity index (χ0v) is 17.2. The molecule has 138 valence electrons. The fourth-order valence-electron chi connectivity index (χ4n) is 3.01. The molecule has 5 nitrogen and oxygen atoms in total. The highest BCUT2D eigenvalue weighted by molar-refractivity contribution is 14.0. The van der Waals surface area contributed by atoms with E-state index in [4.69, 9.17) is 5.26 Å². The highest BCUT2D eigenvalue weighted by atomic mass is 127. The summed E-state index contributed by atoms with van der Waals surface area (Å²) in [6.45, 7) is 8.26. The topological polar surface area (TPSA) is 63.5 Å². The molecular formula is C18H27FIN5. The second kappa shape index (κ2) is 11.3. The molecule has 1 heterocycles. The Kier molecular flexibility index (Phi) is 9.75. The SMILES string of the molecule is CCNC(=NCc1ccc(C#N)cc1F)NCC1CCCN1CC.I. The smallest absolute Gasteiger partial charge is 0.191 e. The van der Waals surface area contributed by atoms with Crippen LogP contribution < -0.4 is 10.6 Å². The molecule has 2 N–H and O–H groups in total. The van der Waals surface area contributed by atoms with E-state index in [1.165, 1.54) is 18.9 Å². The zero-order valence-electron chi connectivity index (χ0n) is 14.9. The van der Waals surface area contributed by atoms with Gasteiger partial charge in [0.25, 0.3) is 0 Å². The van der Waals surface area contributed by atoms with Crippen LogP contribution in [0.3, 0.4) is 0 Å². The Hall–Kier alpha value is -1.40. The predicted octanol–water partition coefficient (Wildman–Crippen LogP) is 2.85. The third-order valence-corrected chi connectivity index (χ3v) is 4.34. The standard InChI is InChI=1S/C18H26FN5.HI/c1-3-21-18(23-13-16-6-5-9-24(16)4-2)22-12-15-8-7-14(11-20)10-17(15)19;/h7-8,10,16H,3-6,9,12-13H2,1-2H3,(H2,21,22,23);1H. The molecule has 0 amide bonds. The van der Waals surface area contributed by atoms with Crippen LogP contribution >= 0.6 is 24.0 Å². The number of guanidine groups is 1. The number of hydrogen-bond donors (Lipinski definition) is 2. The maximum atomic E-state index is 13.9. The Morgan fingerprint density at radius 1 is 1.40 bits per heavy atom. The second-order valence-corrected chi connectivity index (χ2v) is 5.92. The number of nitrogens with one attached hydrogen (secondary N) is 2. The van der Waals surface area contributed by atoms with Crippen LogP contribution in [0.15, 0.2) is 23.2 Å². The van der Waals surface area contributed by atoms with Crippen LogP contribution in [-0.2, 0) is 6.54 Å². The molecule has 1 aromatic rings. The van der Waals surface area contributed by atoms with Gasteiger partial charge in [0, 0.05) is 24.7 Å². The van der Waals surface area contributed by atoms with Gasteiger partial charge in [-0.15, -0.1) is 24.0 Å². The van der Waals surface area contributed by atoms with Gasteiger partial charge in [-0.2, -0.15) is 5.26 Å². The van der Waals surface area contributed by atoms with Crippen LogP contribution in [0.5, 0.6) is 0 Å². The highest BCUT2D eigenvalue weighted by Crippen LogP contribution is 2.15. The average molecular weight is 459 g/mol. The van der Waals surface area contributed by atoms with Gasteiger partial charge in [0.2, 0.25) is 0 Å². The lowest BCUT2D eigenvalue weighted by Crippen LogP contribution is -2.44. The summed E-state index contributed by atoms with van der Waals surface area (Å²) < 4.78 is 13.9. The molecule has 0 bridgehead atoms. The summed E-state index contributed by atoms with van der Waals surface area (Å²) in [5, 5.41) is 15.3. The first kappa shape index (κ1) is 21.6. The van der Waals surface area contributed by atoms with Crippen LogP contribution in [-0.4, -0.2) is 43.1 Å². The zero-order chi connectivity index (χ0) is 17.4. The van der Waals surface area contributed by atoms with E-state index in [2.05, 4.69) is 27.4 Å². The average Bonchev–Trinajstić information content (AvgIpc) is 3.05. The van der Waals surface area contributed by atoms with Crippen LogP contribution in [0.1, 0.15) is 37.8 Å². The molecule has 1 atom stereocenters. The van der Waals surface area contributed by atoms with E-state index in [0.717, 1.165) is 26.2 Å². The number of hydrogen-bond acceptors (Lipinski definition) is 3. The normalized spacial score (nSPS) is 17.7.